The third-order valence-corrected chi connectivity index (χ3v) is 5.12. The summed E-state index contributed by atoms with van der Waals surface area (Å²) >= 11 is 0. The van der Waals surface area contributed by atoms with E-state index in [4.69, 9.17) is 9.84 Å². The summed E-state index contributed by atoms with van der Waals surface area (Å²) in [7, 11) is -2.98. The highest BCUT2D eigenvalue weighted by atomic mass is 32.2. The van der Waals surface area contributed by atoms with Gasteiger partial charge in [0.15, 0.2) is 11.6 Å². The minimum absolute atomic E-state index is 0.120. The molecule has 0 saturated carbocycles. The molecule has 0 spiro atoms. The van der Waals surface area contributed by atoms with Crippen LogP contribution in [0.1, 0.15) is 6.42 Å². The zero-order chi connectivity index (χ0) is 15.8. The van der Waals surface area contributed by atoms with Crippen LogP contribution < -0.4 is 4.74 Å². The number of hydrogen-bond donors (Lipinski definition) is 2. The molecule has 1 heterocycles. The number of β-amino-alcohol motifs (C(OH)–C–C–N with tert-alkyl or cyclic N) is 1. The Balaban J connectivity index is 2.42. The second-order valence-electron chi connectivity index (χ2n) is 4.61. The second-order valence-corrected chi connectivity index (χ2v) is 6.51. The van der Waals surface area contributed by atoms with E-state index in [0.717, 1.165) is 18.2 Å². The lowest BCUT2D eigenvalue weighted by Gasteiger charge is -2.20. The lowest BCUT2D eigenvalue weighted by molar-refractivity contribution is -0.140. The van der Waals surface area contributed by atoms with Gasteiger partial charge in [-0.25, -0.2) is 12.8 Å². The van der Waals surface area contributed by atoms with Gasteiger partial charge < -0.3 is 14.9 Å². The van der Waals surface area contributed by atoms with Gasteiger partial charge in [0, 0.05) is 13.0 Å². The maximum atomic E-state index is 13.6. The smallest absolute Gasteiger partial charge is 0.322 e. The highest BCUT2D eigenvalue weighted by Gasteiger charge is 2.43. The Morgan fingerprint density at radius 3 is 2.67 bits per heavy atom. The molecule has 2 atom stereocenters. The van der Waals surface area contributed by atoms with E-state index >= 15 is 0 Å². The summed E-state index contributed by atoms with van der Waals surface area (Å²) in [4.78, 5) is 10.7. The fourth-order valence-electron chi connectivity index (χ4n) is 2.22. The molecule has 0 aromatic heterocycles. The first-order valence-electron chi connectivity index (χ1n) is 6.03. The average molecular weight is 319 g/mol. The SMILES string of the molecule is COc1ccc(S(=O)(=O)N2C[C@H](O)C[C@@H]2C(=O)O)cc1F. The summed E-state index contributed by atoms with van der Waals surface area (Å²) in [5.74, 6) is -2.35. The van der Waals surface area contributed by atoms with Crippen molar-refractivity contribution in [3.63, 3.8) is 0 Å². The number of halogens is 1. The number of aliphatic hydroxyl groups is 1. The summed E-state index contributed by atoms with van der Waals surface area (Å²) in [5, 5.41) is 18.5. The number of ether oxygens (including phenoxy) is 1. The van der Waals surface area contributed by atoms with Crippen molar-refractivity contribution in [1.29, 1.82) is 0 Å². The molecule has 0 aliphatic carbocycles. The summed E-state index contributed by atoms with van der Waals surface area (Å²) in [6.45, 7) is -0.340. The maximum Gasteiger partial charge on any atom is 0.322 e. The first kappa shape index (κ1) is 15.7. The van der Waals surface area contributed by atoms with Crippen molar-refractivity contribution >= 4 is 16.0 Å². The predicted octanol–water partition coefficient (Wildman–Crippen LogP) is 0.0428. The molecule has 116 valence electrons. The minimum Gasteiger partial charge on any atom is -0.494 e. The Morgan fingerprint density at radius 1 is 1.48 bits per heavy atom. The zero-order valence-electron chi connectivity index (χ0n) is 11.1. The molecule has 0 unspecified atom stereocenters. The lowest BCUT2D eigenvalue weighted by atomic mass is 10.2. The molecule has 1 aliphatic heterocycles. The molecule has 1 aliphatic rings. The Bertz CT molecular complexity index is 662. The lowest BCUT2D eigenvalue weighted by Crippen LogP contribution is -2.40. The third-order valence-electron chi connectivity index (χ3n) is 3.25. The van der Waals surface area contributed by atoms with Gasteiger partial charge in [0.2, 0.25) is 10.0 Å². The van der Waals surface area contributed by atoms with Gasteiger partial charge in [0.1, 0.15) is 6.04 Å². The molecule has 9 heteroatoms. The van der Waals surface area contributed by atoms with Crippen LogP contribution in [0.25, 0.3) is 0 Å². The van der Waals surface area contributed by atoms with Crippen LogP contribution in [0.15, 0.2) is 23.1 Å². The van der Waals surface area contributed by atoms with Crippen molar-refractivity contribution in [1.82, 2.24) is 4.31 Å². The third kappa shape index (κ3) is 2.85. The molecule has 7 nitrogen and oxygen atoms in total. The number of aliphatic carboxylic acids is 1. The van der Waals surface area contributed by atoms with Gasteiger partial charge in [-0.05, 0) is 18.2 Å². The van der Waals surface area contributed by atoms with E-state index in [1.165, 1.54) is 7.11 Å². The van der Waals surface area contributed by atoms with E-state index in [1.54, 1.807) is 0 Å². The van der Waals surface area contributed by atoms with Crippen molar-refractivity contribution in [3.05, 3.63) is 24.0 Å². The van der Waals surface area contributed by atoms with Crippen LogP contribution in [0.2, 0.25) is 0 Å². The maximum absolute atomic E-state index is 13.6. The number of carbonyl (C=O) groups is 1. The molecule has 0 bridgehead atoms. The molecule has 2 N–H and O–H groups in total. The molecule has 1 saturated heterocycles. The first-order chi connectivity index (χ1) is 9.77. The van der Waals surface area contributed by atoms with Crippen LogP contribution >= 0.6 is 0 Å². The van der Waals surface area contributed by atoms with Crippen LogP contribution in [-0.2, 0) is 14.8 Å². The average Bonchev–Trinajstić information content (AvgIpc) is 2.81. The van der Waals surface area contributed by atoms with Crippen molar-refractivity contribution in [2.75, 3.05) is 13.7 Å². The van der Waals surface area contributed by atoms with Gasteiger partial charge in [0.05, 0.1) is 18.1 Å². The molecule has 0 radical (unpaired) electrons. The van der Waals surface area contributed by atoms with E-state index in [9.17, 15) is 22.7 Å². The van der Waals surface area contributed by atoms with Crippen LogP contribution in [0.3, 0.4) is 0 Å². The van der Waals surface area contributed by atoms with Crippen LogP contribution in [0.5, 0.6) is 5.75 Å². The number of methoxy groups -OCH3 is 1. The van der Waals surface area contributed by atoms with Gasteiger partial charge in [-0.1, -0.05) is 0 Å². The molecule has 1 aromatic carbocycles. The van der Waals surface area contributed by atoms with Crippen LogP contribution in [-0.4, -0.2) is 54.7 Å². The highest BCUT2D eigenvalue weighted by Crippen LogP contribution is 2.28. The number of benzene rings is 1. The van der Waals surface area contributed by atoms with Gasteiger partial charge in [-0.3, -0.25) is 4.79 Å². The van der Waals surface area contributed by atoms with Gasteiger partial charge in [-0.2, -0.15) is 4.31 Å². The standard InChI is InChI=1S/C12H14FNO6S/c1-20-11-3-2-8(5-9(11)13)21(18,19)14-6-7(15)4-10(14)12(16)17/h2-3,5,7,10,15H,4,6H2,1H3,(H,16,17)/t7-,10-/m1/s1. The van der Waals surface area contributed by atoms with E-state index in [-0.39, 0.29) is 23.6 Å². The van der Waals surface area contributed by atoms with Crippen LogP contribution in [0, 0.1) is 5.82 Å². The Morgan fingerprint density at radius 2 is 2.14 bits per heavy atom. The monoisotopic (exact) mass is 319 g/mol. The highest BCUT2D eigenvalue weighted by molar-refractivity contribution is 7.89. The van der Waals surface area contributed by atoms with E-state index in [1.807, 2.05) is 0 Å². The Kier molecular flexibility index (Phi) is 4.17. The number of carboxylic acid groups (broad SMARTS) is 1. The fourth-order valence-corrected chi connectivity index (χ4v) is 3.86. The fraction of sp³-hybridized carbons (Fsp3) is 0.417. The summed E-state index contributed by atoms with van der Waals surface area (Å²) < 4.78 is 43.8. The summed E-state index contributed by atoms with van der Waals surface area (Å²) in [6, 6.07) is 1.67. The second kappa shape index (κ2) is 5.58. The van der Waals surface area contributed by atoms with Crippen LogP contribution in [0.4, 0.5) is 4.39 Å². The van der Waals surface area contributed by atoms with E-state index in [0.29, 0.717) is 4.31 Å². The first-order valence-corrected chi connectivity index (χ1v) is 7.47. The predicted molar refractivity (Wildman–Crippen MR) is 68.9 cm³/mol. The van der Waals surface area contributed by atoms with Crippen molar-refractivity contribution in [2.24, 2.45) is 0 Å². The molecule has 0 amide bonds. The number of sulfonamides is 1. The number of rotatable bonds is 4. The van der Waals surface area contributed by atoms with E-state index < -0.39 is 34.0 Å². The topological polar surface area (TPSA) is 104 Å². The van der Waals surface area contributed by atoms with Gasteiger partial charge in [-0.15, -0.1) is 0 Å². The normalized spacial score (nSPS) is 23.2. The number of nitrogens with zero attached hydrogens (tertiary/aromatic N) is 1. The van der Waals surface area contributed by atoms with Crippen molar-refractivity contribution in [3.8, 4) is 5.75 Å². The Labute approximate surface area is 120 Å². The zero-order valence-corrected chi connectivity index (χ0v) is 11.9. The molecule has 21 heavy (non-hydrogen) atoms. The summed E-state index contributed by atoms with van der Waals surface area (Å²) in [5.41, 5.74) is 0. The van der Waals surface area contributed by atoms with Crippen molar-refractivity contribution < 1.29 is 32.6 Å². The Hall–Kier alpha value is -1.71. The molecule has 1 fully saturated rings. The minimum atomic E-state index is -4.22. The number of aliphatic hydroxyl groups excluding tert-OH is 1. The van der Waals surface area contributed by atoms with Crippen molar-refractivity contribution in [2.45, 2.75) is 23.5 Å². The van der Waals surface area contributed by atoms with Gasteiger partial charge >= 0.3 is 5.97 Å². The van der Waals surface area contributed by atoms with E-state index in [2.05, 4.69) is 0 Å². The molecule has 2 rings (SSSR count). The number of carboxylic acids is 1. The largest absolute Gasteiger partial charge is 0.494 e. The molecular formula is C12H14FNO6S. The molecular weight excluding hydrogens is 305 g/mol. The molecule has 1 aromatic rings. The quantitative estimate of drug-likeness (QED) is 0.812. The number of hydrogen-bond acceptors (Lipinski definition) is 5. The van der Waals surface area contributed by atoms with Gasteiger partial charge in [0.25, 0.3) is 0 Å². The summed E-state index contributed by atoms with van der Waals surface area (Å²) in [6.07, 6.45) is -1.27.